The molecule has 0 fully saturated rings. The van der Waals surface area contributed by atoms with E-state index in [1.807, 2.05) is 13.8 Å². The number of carbonyl (C=O) groups excluding carboxylic acids is 1. The molecule has 1 unspecified atom stereocenters. The van der Waals surface area contributed by atoms with E-state index in [1.54, 1.807) is 25.2 Å². The highest BCUT2D eigenvalue weighted by molar-refractivity contribution is 5.96. The smallest absolute Gasteiger partial charge is 0.317 e. The van der Waals surface area contributed by atoms with Crippen molar-refractivity contribution in [2.75, 3.05) is 31.8 Å². The van der Waals surface area contributed by atoms with Gasteiger partial charge in [0.15, 0.2) is 0 Å². The van der Waals surface area contributed by atoms with E-state index >= 15 is 0 Å². The van der Waals surface area contributed by atoms with Crippen molar-refractivity contribution in [3.63, 3.8) is 0 Å². The summed E-state index contributed by atoms with van der Waals surface area (Å²) in [5.74, 6) is -0.867. The maximum absolute atomic E-state index is 12.5. The number of hydrogen-bond acceptors (Lipinski definition) is 5. The molecule has 4 N–H and O–H groups in total. The van der Waals surface area contributed by atoms with Crippen LogP contribution in [0.15, 0.2) is 18.2 Å². The Morgan fingerprint density at radius 1 is 1.41 bits per heavy atom. The summed E-state index contributed by atoms with van der Waals surface area (Å²) in [6, 6.07) is 4.35. The fourth-order valence-electron chi connectivity index (χ4n) is 2.34. The Kier molecular flexibility index (Phi) is 6.18. The summed E-state index contributed by atoms with van der Waals surface area (Å²) in [6.07, 6.45) is 0. The predicted molar refractivity (Wildman–Crippen MR) is 84.9 cm³/mol. The number of rotatable bonds is 7. The lowest BCUT2D eigenvalue weighted by Gasteiger charge is -2.29. The van der Waals surface area contributed by atoms with E-state index in [1.165, 1.54) is 12.0 Å². The number of hydrogen-bond donors (Lipinski definition) is 3. The van der Waals surface area contributed by atoms with Gasteiger partial charge in [-0.25, -0.2) is 0 Å². The summed E-state index contributed by atoms with van der Waals surface area (Å²) < 4.78 is 5.19. The van der Waals surface area contributed by atoms with Crippen LogP contribution < -0.4 is 15.8 Å². The number of likely N-dealkylation sites (N-methyl/N-ethyl adjacent to an activating group) is 1. The lowest BCUT2D eigenvalue weighted by atomic mass is 10.0. The maximum atomic E-state index is 12.5. The summed E-state index contributed by atoms with van der Waals surface area (Å²) in [5, 5.41) is 11.7. The first-order valence-corrected chi connectivity index (χ1v) is 6.92. The number of nitrogens with zero attached hydrogens (tertiary/aromatic N) is 1. The van der Waals surface area contributed by atoms with Gasteiger partial charge in [0, 0.05) is 11.8 Å². The SMILES string of the molecule is COc1cc(N)ccc1NC(=O)C(C(C)C)N(C)CC(=O)O. The van der Waals surface area contributed by atoms with Gasteiger partial charge in [-0.1, -0.05) is 13.8 Å². The van der Waals surface area contributed by atoms with Crippen LogP contribution in [0.25, 0.3) is 0 Å². The van der Waals surface area contributed by atoms with Crippen molar-refractivity contribution in [3.8, 4) is 5.75 Å². The number of nitrogens with one attached hydrogen (secondary N) is 1. The van der Waals surface area contributed by atoms with Crippen LogP contribution in [-0.2, 0) is 9.59 Å². The lowest BCUT2D eigenvalue weighted by Crippen LogP contribution is -2.47. The number of ether oxygens (including phenoxy) is 1. The van der Waals surface area contributed by atoms with Gasteiger partial charge in [-0.15, -0.1) is 0 Å². The molecule has 22 heavy (non-hydrogen) atoms. The maximum Gasteiger partial charge on any atom is 0.317 e. The van der Waals surface area contributed by atoms with E-state index < -0.39 is 12.0 Å². The molecule has 0 saturated carbocycles. The summed E-state index contributed by atoms with van der Waals surface area (Å²) in [7, 11) is 3.10. The third-order valence-electron chi connectivity index (χ3n) is 3.24. The molecule has 0 radical (unpaired) electrons. The minimum Gasteiger partial charge on any atom is -0.494 e. The van der Waals surface area contributed by atoms with Crippen LogP contribution in [0.1, 0.15) is 13.8 Å². The zero-order chi connectivity index (χ0) is 16.9. The van der Waals surface area contributed by atoms with Crippen LogP contribution in [0.2, 0.25) is 0 Å². The van der Waals surface area contributed by atoms with E-state index in [0.717, 1.165) is 0 Å². The Labute approximate surface area is 130 Å². The molecule has 1 amide bonds. The van der Waals surface area contributed by atoms with Gasteiger partial charge < -0.3 is 20.9 Å². The van der Waals surface area contributed by atoms with Crippen LogP contribution in [-0.4, -0.2) is 48.6 Å². The van der Waals surface area contributed by atoms with Crippen molar-refractivity contribution in [3.05, 3.63) is 18.2 Å². The highest BCUT2D eigenvalue weighted by atomic mass is 16.5. The molecular formula is C15H23N3O4. The van der Waals surface area contributed by atoms with Crippen LogP contribution in [0.3, 0.4) is 0 Å². The van der Waals surface area contributed by atoms with E-state index in [4.69, 9.17) is 15.6 Å². The van der Waals surface area contributed by atoms with Crippen molar-refractivity contribution >= 4 is 23.3 Å². The Balaban J connectivity index is 2.94. The van der Waals surface area contributed by atoms with Gasteiger partial charge in [0.05, 0.1) is 25.4 Å². The van der Waals surface area contributed by atoms with Gasteiger partial charge in [-0.2, -0.15) is 0 Å². The molecule has 1 rings (SSSR count). The number of benzene rings is 1. The van der Waals surface area contributed by atoms with E-state index in [0.29, 0.717) is 17.1 Å². The van der Waals surface area contributed by atoms with Crippen molar-refractivity contribution in [2.45, 2.75) is 19.9 Å². The Morgan fingerprint density at radius 3 is 2.55 bits per heavy atom. The summed E-state index contributed by atoms with van der Waals surface area (Å²) in [4.78, 5) is 24.9. The number of amides is 1. The fraction of sp³-hybridized carbons (Fsp3) is 0.467. The quantitative estimate of drug-likeness (QED) is 0.655. The fourth-order valence-corrected chi connectivity index (χ4v) is 2.34. The zero-order valence-corrected chi connectivity index (χ0v) is 13.3. The number of nitrogens with two attached hydrogens (primary N) is 1. The van der Waals surface area contributed by atoms with E-state index in [2.05, 4.69) is 5.32 Å². The highest BCUT2D eigenvalue weighted by Crippen LogP contribution is 2.27. The molecule has 0 spiro atoms. The molecular weight excluding hydrogens is 286 g/mol. The van der Waals surface area contributed by atoms with Gasteiger partial charge in [-0.05, 0) is 25.1 Å². The number of carboxylic acid groups (broad SMARTS) is 1. The highest BCUT2D eigenvalue weighted by Gasteiger charge is 2.28. The number of anilines is 2. The third kappa shape index (κ3) is 4.63. The minimum absolute atomic E-state index is 0.0517. The van der Waals surface area contributed by atoms with Gasteiger partial charge >= 0.3 is 5.97 Å². The van der Waals surface area contributed by atoms with E-state index in [9.17, 15) is 9.59 Å². The second kappa shape index (κ2) is 7.65. The monoisotopic (exact) mass is 309 g/mol. The summed E-state index contributed by atoms with van der Waals surface area (Å²) in [6.45, 7) is 3.51. The average Bonchev–Trinajstić information content (AvgIpc) is 2.39. The van der Waals surface area contributed by atoms with Gasteiger partial charge in [-0.3, -0.25) is 14.5 Å². The van der Waals surface area contributed by atoms with Crippen molar-refractivity contribution in [1.29, 1.82) is 0 Å². The molecule has 7 nitrogen and oxygen atoms in total. The Morgan fingerprint density at radius 2 is 2.05 bits per heavy atom. The number of nitrogen functional groups attached to an aromatic ring is 1. The predicted octanol–water partition coefficient (Wildman–Crippen LogP) is 1.26. The minimum atomic E-state index is -0.981. The lowest BCUT2D eigenvalue weighted by molar-refractivity contribution is -0.139. The molecule has 122 valence electrons. The largest absolute Gasteiger partial charge is 0.494 e. The van der Waals surface area contributed by atoms with Crippen molar-refractivity contribution in [1.82, 2.24) is 4.90 Å². The first-order valence-electron chi connectivity index (χ1n) is 6.92. The zero-order valence-electron chi connectivity index (χ0n) is 13.3. The molecule has 0 bridgehead atoms. The number of carbonyl (C=O) groups is 2. The summed E-state index contributed by atoms with van der Waals surface area (Å²) in [5.41, 5.74) is 6.70. The molecule has 0 aliphatic heterocycles. The van der Waals surface area contributed by atoms with Crippen LogP contribution >= 0.6 is 0 Å². The molecule has 1 aromatic carbocycles. The second-order valence-corrected chi connectivity index (χ2v) is 5.45. The number of aliphatic carboxylic acids is 1. The van der Waals surface area contributed by atoms with Gasteiger partial charge in [0.1, 0.15) is 5.75 Å². The van der Waals surface area contributed by atoms with Crippen LogP contribution in [0.5, 0.6) is 5.75 Å². The first kappa shape index (κ1) is 17.8. The normalized spacial score (nSPS) is 12.3. The molecule has 1 atom stereocenters. The van der Waals surface area contributed by atoms with Gasteiger partial charge in [0.25, 0.3) is 0 Å². The van der Waals surface area contributed by atoms with Crippen molar-refractivity contribution in [2.24, 2.45) is 5.92 Å². The van der Waals surface area contributed by atoms with Gasteiger partial charge in [0.2, 0.25) is 5.91 Å². The van der Waals surface area contributed by atoms with E-state index in [-0.39, 0.29) is 18.4 Å². The molecule has 0 aromatic heterocycles. The second-order valence-electron chi connectivity index (χ2n) is 5.45. The number of carboxylic acids is 1. The summed E-state index contributed by atoms with van der Waals surface area (Å²) >= 11 is 0. The molecule has 1 aromatic rings. The van der Waals surface area contributed by atoms with Crippen LogP contribution in [0.4, 0.5) is 11.4 Å². The topological polar surface area (TPSA) is 105 Å². The van der Waals surface area contributed by atoms with Crippen molar-refractivity contribution < 1.29 is 19.4 Å². The molecule has 0 heterocycles. The Bertz CT molecular complexity index is 546. The standard InChI is InChI=1S/C15H23N3O4/c1-9(2)14(18(3)8-13(19)20)15(21)17-11-6-5-10(16)7-12(11)22-4/h5-7,9,14H,8,16H2,1-4H3,(H,17,21)(H,19,20). The average molecular weight is 309 g/mol. The first-order chi connectivity index (χ1) is 10.3. The molecule has 7 heteroatoms. The molecule has 0 saturated heterocycles. The van der Waals surface area contributed by atoms with Crippen LogP contribution in [0, 0.1) is 5.92 Å². The molecule has 0 aliphatic carbocycles. The number of methoxy groups -OCH3 is 1. The third-order valence-corrected chi connectivity index (χ3v) is 3.24. The Hall–Kier alpha value is -2.28. The molecule has 0 aliphatic rings.